The molecule has 0 aliphatic rings. The van der Waals surface area contributed by atoms with Gasteiger partial charge in [0.05, 0.1) is 0 Å². The Hall–Kier alpha value is -2.42. The molecule has 0 aliphatic carbocycles. The van der Waals surface area contributed by atoms with Crippen LogP contribution in [0.2, 0.25) is 0 Å². The molecule has 41 heavy (non-hydrogen) atoms. The Labute approximate surface area is 254 Å². The molecule has 0 heterocycles. The van der Waals surface area contributed by atoms with Gasteiger partial charge in [0.1, 0.15) is 0 Å². The lowest BCUT2D eigenvalue weighted by Gasteiger charge is -2.03. The van der Waals surface area contributed by atoms with Crippen LogP contribution in [0.4, 0.5) is 0 Å². The Morgan fingerprint density at radius 2 is 0.707 bits per heavy atom. The molecule has 0 aliphatic heterocycles. The van der Waals surface area contributed by atoms with Crippen LogP contribution in [-0.2, 0) is 14.3 Å². The molecular formula is C38H62O3. The predicted molar refractivity (Wildman–Crippen MR) is 179 cm³/mol. The van der Waals surface area contributed by atoms with Crippen LogP contribution < -0.4 is 0 Å². The number of ether oxygens (including phenoxy) is 1. The van der Waals surface area contributed by atoms with Crippen LogP contribution in [0.1, 0.15) is 155 Å². The Morgan fingerprint density at radius 1 is 0.390 bits per heavy atom. The Kier molecular flexibility index (Phi) is 31.8. The van der Waals surface area contributed by atoms with Gasteiger partial charge in [-0.3, -0.25) is 9.59 Å². The summed E-state index contributed by atoms with van der Waals surface area (Å²) in [5.74, 6) is -0.771. The van der Waals surface area contributed by atoms with Gasteiger partial charge in [-0.15, -0.1) is 0 Å². The maximum atomic E-state index is 11.9. The lowest BCUT2D eigenvalue weighted by atomic mass is 10.1. The van der Waals surface area contributed by atoms with E-state index in [1.807, 2.05) is 0 Å². The predicted octanol–water partition coefficient (Wildman–Crippen LogP) is 12.0. The molecule has 0 bridgehead atoms. The fourth-order valence-corrected chi connectivity index (χ4v) is 4.23. The third-order valence-corrected chi connectivity index (χ3v) is 6.77. The second-order valence-corrected chi connectivity index (χ2v) is 10.8. The number of carbonyl (C=O) groups is 2. The summed E-state index contributed by atoms with van der Waals surface area (Å²) < 4.78 is 4.96. The van der Waals surface area contributed by atoms with Crippen molar-refractivity contribution in [2.45, 2.75) is 155 Å². The molecule has 0 unspecified atom stereocenters. The third kappa shape index (κ3) is 33.7. The van der Waals surface area contributed by atoms with Crippen LogP contribution in [0, 0.1) is 0 Å². The highest BCUT2D eigenvalue weighted by Crippen LogP contribution is 2.10. The second-order valence-electron chi connectivity index (χ2n) is 10.8. The van der Waals surface area contributed by atoms with Gasteiger partial charge in [-0.2, -0.15) is 0 Å². The number of hydrogen-bond acceptors (Lipinski definition) is 3. The van der Waals surface area contributed by atoms with E-state index in [-0.39, 0.29) is 5.97 Å². The van der Waals surface area contributed by atoms with Crippen molar-refractivity contribution < 1.29 is 14.3 Å². The van der Waals surface area contributed by atoms with E-state index in [0.717, 1.165) is 57.8 Å². The molecule has 0 aromatic heterocycles. The summed E-state index contributed by atoms with van der Waals surface area (Å²) in [5, 5.41) is 0. The molecule has 0 saturated carbocycles. The number of rotatable bonds is 28. The molecule has 3 nitrogen and oxygen atoms in total. The topological polar surface area (TPSA) is 43.4 Å². The number of carbonyl (C=O) groups excluding carboxylic acids is 2. The highest BCUT2D eigenvalue weighted by atomic mass is 16.6. The molecule has 3 heteroatoms. The first kappa shape index (κ1) is 38.6. The number of hydrogen-bond donors (Lipinski definition) is 0. The van der Waals surface area contributed by atoms with Crippen LogP contribution >= 0.6 is 0 Å². The number of esters is 2. The summed E-state index contributed by atoms with van der Waals surface area (Å²) in [5.41, 5.74) is 0. The van der Waals surface area contributed by atoms with E-state index in [2.05, 4.69) is 86.8 Å². The Balaban J connectivity index is 3.54. The van der Waals surface area contributed by atoms with Crippen LogP contribution in [-0.4, -0.2) is 11.9 Å². The van der Waals surface area contributed by atoms with Crippen LogP contribution in [0.5, 0.6) is 0 Å². The molecule has 0 atom stereocenters. The zero-order chi connectivity index (χ0) is 29.9. The van der Waals surface area contributed by atoms with E-state index in [0.29, 0.717) is 19.3 Å². The minimum atomic E-state index is -0.395. The van der Waals surface area contributed by atoms with Crippen LogP contribution in [0.15, 0.2) is 72.9 Å². The summed E-state index contributed by atoms with van der Waals surface area (Å²) in [6.45, 7) is 4.47. The Bertz CT molecular complexity index is 766. The standard InChI is InChI=1S/C38H62O3/c1-3-5-7-9-11-13-15-17-19-20-22-24-26-28-30-32-34-36-38(40)41-37(39)35-33-31-29-27-25-23-21-18-16-14-12-10-8-6-4-2/h11-14,17-19,21-22,24,28,30H,3-10,15-16,20,23,25-27,29,31-36H2,1-2H3/b13-11?,14-12-,19-17?,21-18-,24-22?,30-28?. The average Bonchev–Trinajstić information content (AvgIpc) is 2.96. The van der Waals surface area contributed by atoms with Gasteiger partial charge in [-0.1, -0.05) is 132 Å². The van der Waals surface area contributed by atoms with Gasteiger partial charge in [0, 0.05) is 12.8 Å². The van der Waals surface area contributed by atoms with Gasteiger partial charge in [0.15, 0.2) is 0 Å². The average molecular weight is 567 g/mol. The van der Waals surface area contributed by atoms with Crippen molar-refractivity contribution in [3.63, 3.8) is 0 Å². The summed E-state index contributed by atoms with van der Waals surface area (Å²) in [4.78, 5) is 23.8. The van der Waals surface area contributed by atoms with Crippen molar-refractivity contribution in [1.82, 2.24) is 0 Å². The van der Waals surface area contributed by atoms with Gasteiger partial charge >= 0.3 is 11.9 Å². The number of unbranched alkanes of at least 4 members (excludes halogenated alkanes) is 12. The largest absolute Gasteiger partial charge is 0.393 e. The van der Waals surface area contributed by atoms with E-state index in [9.17, 15) is 9.59 Å². The van der Waals surface area contributed by atoms with E-state index in [1.165, 1.54) is 64.2 Å². The molecule has 232 valence electrons. The first-order valence-corrected chi connectivity index (χ1v) is 16.8. The summed E-state index contributed by atoms with van der Waals surface area (Å²) in [7, 11) is 0. The second kappa shape index (κ2) is 33.8. The zero-order valence-electron chi connectivity index (χ0n) is 26.7. The van der Waals surface area contributed by atoms with Crippen molar-refractivity contribution in [3.05, 3.63) is 72.9 Å². The summed E-state index contributed by atoms with van der Waals surface area (Å²) >= 11 is 0. The van der Waals surface area contributed by atoms with Gasteiger partial charge in [-0.25, -0.2) is 0 Å². The van der Waals surface area contributed by atoms with E-state index in [4.69, 9.17) is 4.74 Å². The van der Waals surface area contributed by atoms with E-state index >= 15 is 0 Å². The molecule has 0 N–H and O–H groups in total. The molecule has 0 amide bonds. The molecule has 0 fully saturated rings. The first-order valence-electron chi connectivity index (χ1n) is 16.8. The number of allylic oxidation sites excluding steroid dienone is 12. The third-order valence-electron chi connectivity index (χ3n) is 6.77. The minimum absolute atomic E-state index is 0.298. The van der Waals surface area contributed by atoms with E-state index < -0.39 is 5.97 Å². The molecule has 0 spiro atoms. The molecule has 0 aromatic rings. The molecule has 0 saturated heterocycles. The summed E-state index contributed by atoms with van der Waals surface area (Å²) in [6.07, 6.45) is 49.4. The van der Waals surface area contributed by atoms with Crippen LogP contribution in [0.3, 0.4) is 0 Å². The maximum Gasteiger partial charge on any atom is 0.313 e. The fourth-order valence-electron chi connectivity index (χ4n) is 4.23. The first-order chi connectivity index (χ1) is 20.2. The van der Waals surface area contributed by atoms with Crippen molar-refractivity contribution in [3.8, 4) is 0 Å². The van der Waals surface area contributed by atoms with Crippen molar-refractivity contribution in [2.75, 3.05) is 0 Å². The van der Waals surface area contributed by atoms with Crippen molar-refractivity contribution >= 4 is 11.9 Å². The fraction of sp³-hybridized carbons (Fsp3) is 0.632. The Morgan fingerprint density at radius 3 is 1.15 bits per heavy atom. The SMILES string of the molecule is CCCCCC=CCC=CCC=CCC=CCCCC(=O)OC(=O)CCCCCCC/C=C\C/C=C\CCCCC. The van der Waals surface area contributed by atoms with Crippen LogP contribution in [0.25, 0.3) is 0 Å². The van der Waals surface area contributed by atoms with Gasteiger partial charge in [-0.05, 0) is 83.5 Å². The van der Waals surface area contributed by atoms with E-state index in [1.54, 1.807) is 0 Å². The molecule has 0 aromatic carbocycles. The van der Waals surface area contributed by atoms with Gasteiger partial charge < -0.3 is 4.74 Å². The normalized spacial score (nSPS) is 12.4. The molecule has 0 rings (SSSR count). The highest BCUT2D eigenvalue weighted by molar-refractivity contribution is 5.85. The monoisotopic (exact) mass is 566 g/mol. The lowest BCUT2D eigenvalue weighted by molar-refractivity contribution is -0.159. The lowest BCUT2D eigenvalue weighted by Crippen LogP contribution is -2.11. The maximum absolute atomic E-state index is 11.9. The summed E-state index contributed by atoms with van der Waals surface area (Å²) in [6, 6.07) is 0. The molecular weight excluding hydrogens is 504 g/mol. The quantitative estimate of drug-likeness (QED) is 0.0409. The van der Waals surface area contributed by atoms with Crippen molar-refractivity contribution in [2.24, 2.45) is 0 Å². The minimum Gasteiger partial charge on any atom is -0.393 e. The zero-order valence-corrected chi connectivity index (χ0v) is 26.7. The van der Waals surface area contributed by atoms with Crippen molar-refractivity contribution in [1.29, 1.82) is 0 Å². The van der Waals surface area contributed by atoms with Gasteiger partial charge in [0.2, 0.25) is 0 Å². The smallest absolute Gasteiger partial charge is 0.313 e. The highest BCUT2D eigenvalue weighted by Gasteiger charge is 2.09. The molecule has 0 radical (unpaired) electrons. The van der Waals surface area contributed by atoms with Gasteiger partial charge in [0.25, 0.3) is 0 Å².